The molecule has 2 heterocycles. The highest BCUT2D eigenvalue weighted by atomic mass is 19.2. The smallest absolute Gasteiger partial charge is 0.159 e. The third-order valence-corrected chi connectivity index (χ3v) is 4.26. The molecule has 1 aromatic heterocycles. The van der Waals surface area contributed by atoms with Gasteiger partial charge in [0.1, 0.15) is 0 Å². The van der Waals surface area contributed by atoms with Gasteiger partial charge in [0.15, 0.2) is 11.6 Å². The molecule has 2 atom stereocenters. The third-order valence-electron chi connectivity index (χ3n) is 4.26. The molecule has 3 rings (SSSR count). The van der Waals surface area contributed by atoms with E-state index in [0.717, 1.165) is 23.7 Å². The Kier molecular flexibility index (Phi) is 4.22. The first-order chi connectivity index (χ1) is 10.6. The maximum absolute atomic E-state index is 13.4. The van der Waals surface area contributed by atoms with Gasteiger partial charge in [-0.15, -0.1) is 0 Å². The van der Waals surface area contributed by atoms with Crippen LogP contribution in [-0.2, 0) is 18.3 Å². The Morgan fingerprint density at radius 3 is 2.86 bits per heavy atom. The van der Waals surface area contributed by atoms with Gasteiger partial charge in [0.25, 0.3) is 0 Å². The summed E-state index contributed by atoms with van der Waals surface area (Å²) >= 11 is 0. The summed E-state index contributed by atoms with van der Waals surface area (Å²) in [5.74, 6) is -1.67. The fourth-order valence-corrected chi connectivity index (χ4v) is 2.78. The highest BCUT2D eigenvalue weighted by Gasteiger charge is 2.30. The second kappa shape index (κ2) is 6.14. The van der Waals surface area contributed by atoms with Crippen LogP contribution in [0.5, 0.6) is 0 Å². The Hall–Kier alpha value is -1.79. The Morgan fingerprint density at radius 2 is 2.18 bits per heavy atom. The summed E-state index contributed by atoms with van der Waals surface area (Å²) in [5, 5.41) is 7.65. The first-order valence-corrected chi connectivity index (χ1v) is 7.33. The lowest BCUT2D eigenvalue weighted by Crippen LogP contribution is -2.31. The maximum Gasteiger partial charge on any atom is 0.159 e. The van der Waals surface area contributed by atoms with E-state index >= 15 is 0 Å². The minimum absolute atomic E-state index is 0.0736. The molecule has 1 N–H and O–H groups in total. The highest BCUT2D eigenvalue weighted by molar-refractivity contribution is 5.23. The fourth-order valence-electron chi connectivity index (χ4n) is 2.78. The maximum atomic E-state index is 13.4. The molecule has 22 heavy (non-hydrogen) atoms. The lowest BCUT2D eigenvalue weighted by molar-refractivity contribution is 0.0981. The van der Waals surface area contributed by atoms with Crippen molar-refractivity contribution >= 4 is 0 Å². The molecule has 0 bridgehead atoms. The number of nitrogens with one attached hydrogen (secondary N) is 1. The van der Waals surface area contributed by atoms with Crippen LogP contribution in [0, 0.1) is 18.6 Å². The molecule has 1 aromatic carbocycles. The minimum Gasteiger partial charge on any atom is -0.372 e. The number of rotatable bonds is 4. The average molecular weight is 307 g/mol. The van der Waals surface area contributed by atoms with E-state index in [1.807, 2.05) is 24.9 Å². The van der Waals surface area contributed by atoms with E-state index in [0.29, 0.717) is 18.7 Å². The third kappa shape index (κ3) is 2.89. The van der Waals surface area contributed by atoms with Gasteiger partial charge in [-0.05, 0) is 31.0 Å². The average Bonchev–Trinajstić information content (AvgIpc) is 3.09. The van der Waals surface area contributed by atoms with E-state index in [2.05, 4.69) is 10.4 Å². The van der Waals surface area contributed by atoms with Crippen molar-refractivity contribution in [2.45, 2.75) is 32.0 Å². The van der Waals surface area contributed by atoms with Crippen LogP contribution in [-0.4, -0.2) is 22.4 Å². The Balaban J connectivity index is 1.70. The fraction of sp³-hybridized carbons (Fsp3) is 0.438. The molecule has 0 unspecified atom stereocenters. The van der Waals surface area contributed by atoms with Crippen LogP contribution in [0.25, 0.3) is 0 Å². The van der Waals surface area contributed by atoms with Crippen LogP contribution in [0.2, 0.25) is 0 Å². The number of hydrogen-bond donors (Lipinski definition) is 1. The van der Waals surface area contributed by atoms with Gasteiger partial charge in [-0.2, -0.15) is 5.10 Å². The predicted molar refractivity (Wildman–Crippen MR) is 78.2 cm³/mol. The van der Waals surface area contributed by atoms with Gasteiger partial charge in [0.05, 0.1) is 12.3 Å². The van der Waals surface area contributed by atoms with Crippen molar-refractivity contribution in [1.29, 1.82) is 0 Å². The molecule has 0 radical (unpaired) electrons. The lowest BCUT2D eigenvalue weighted by Gasteiger charge is -2.20. The van der Waals surface area contributed by atoms with E-state index in [1.165, 1.54) is 6.07 Å². The Labute approximate surface area is 128 Å². The van der Waals surface area contributed by atoms with Gasteiger partial charge in [-0.3, -0.25) is 4.68 Å². The molecule has 0 aliphatic carbocycles. The number of aromatic nitrogens is 2. The normalized spacial score (nSPS) is 21.5. The largest absolute Gasteiger partial charge is 0.372 e. The van der Waals surface area contributed by atoms with Crippen LogP contribution < -0.4 is 5.32 Å². The van der Waals surface area contributed by atoms with Crippen LogP contribution in [0.4, 0.5) is 8.78 Å². The number of ether oxygens (including phenoxy) is 1. The summed E-state index contributed by atoms with van der Waals surface area (Å²) in [7, 11) is 1.90. The molecule has 6 heteroatoms. The molecule has 0 saturated carbocycles. The molecule has 1 fully saturated rings. The minimum atomic E-state index is -0.838. The number of aryl methyl sites for hydroxylation is 1. The number of hydrogen-bond acceptors (Lipinski definition) is 3. The van der Waals surface area contributed by atoms with Crippen LogP contribution in [0.15, 0.2) is 24.4 Å². The molecule has 0 amide bonds. The zero-order valence-corrected chi connectivity index (χ0v) is 12.6. The van der Waals surface area contributed by atoms with Crippen molar-refractivity contribution < 1.29 is 13.5 Å². The topological polar surface area (TPSA) is 39.1 Å². The standard InChI is InChI=1S/C16H19F2N3O/c1-10-12(9-20-21(10)2)8-19-15-5-6-22-16(15)11-3-4-13(17)14(18)7-11/h3-4,7,9,15-16,19H,5-6,8H2,1-2H3/t15-,16-/m1/s1. The Bertz CT molecular complexity index is 671. The molecular formula is C16H19F2N3O. The van der Waals surface area contributed by atoms with Gasteiger partial charge in [0.2, 0.25) is 0 Å². The summed E-state index contributed by atoms with van der Waals surface area (Å²) in [6.45, 7) is 3.29. The number of halogens is 2. The van der Waals surface area contributed by atoms with Crippen molar-refractivity contribution in [2.75, 3.05) is 6.61 Å². The van der Waals surface area contributed by atoms with E-state index in [9.17, 15) is 8.78 Å². The van der Waals surface area contributed by atoms with Gasteiger partial charge in [-0.1, -0.05) is 6.07 Å². The van der Waals surface area contributed by atoms with Crippen LogP contribution in [0.3, 0.4) is 0 Å². The second-order valence-electron chi connectivity index (χ2n) is 5.62. The quantitative estimate of drug-likeness (QED) is 0.944. The second-order valence-corrected chi connectivity index (χ2v) is 5.62. The molecule has 2 aromatic rings. The summed E-state index contributed by atoms with van der Waals surface area (Å²) in [6, 6.07) is 4.02. The van der Waals surface area contributed by atoms with Gasteiger partial charge >= 0.3 is 0 Å². The summed E-state index contributed by atoms with van der Waals surface area (Å²) < 4.78 is 34.0. The molecule has 1 saturated heterocycles. The highest BCUT2D eigenvalue weighted by Crippen LogP contribution is 2.30. The van der Waals surface area contributed by atoms with Gasteiger partial charge in [0, 0.05) is 37.5 Å². The first kappa shape index (κ1) is 15.1. The zero-order chi connectivity index (χ0) is 15.7. The molecule has 1 aliphatic heterocycles. The summed E-state index contributed by atoms with van der Waals surface area (Å²) in [6.07, 6.45) is 2.42. The molecule has 118 valence electrons. The first-order valence-electron chi connectivity index (χ1n) is 7.33. The molecule has 1 aliphatic rings. The molecule has 0 spiro atoms. The van der Waals surface area contributed by atoms with Crippen molar-refractivity contribution in [2.24, 2.45) is 7.05 Å². The van der Waals surface area contributed by atoms with E-state index < -0.39 is 11.6 Å². The molecular weight excluding hydrogens is 288 g/mol. The SMILES string of the molecule is Cc1c(CN[C@@H]2CCO[C@@H]2c2ccc(F)c(F)c2)cnn1C. The number of benzene rings is 1. The van der Waals surface area contributed by atoms with Crippen LogP contribution >= 0.6 is 0 Å². The van der Waals surface area contributed by atoms with E-state index in [1.54, 1.807) is 6.07 Å². The number of nitrogens with zero attached hydrogens (tertiary/aromatic N) is 2. The van der Waals surface area contributed by atoms with Crippen molar-refractivity contribution in [3.8, 4) is 0 Å². The van der Waals surface area contributed by atoms with E-state index in [-0.39, 0.29) is 12.1 Å². The molecule has 4 nitrogen and oxygen atoms in total. The van der Waals surface area contributed by atoms with Gasteiger partial charge in [-0.25, -0.2) is 8.78 Å². The monoisotopic (exact) mass is 307 g/mol. The predicted octanol–water partition coefficient (Wildman–Crippen LogP) is 2.63. The van der Waals surface area contributed by atoms with Crippen molar-refractivity contribution in [3.05, 3.63) is 52.9 Å². The zero-order valence-electron chi connectivity index (χ0n) is 12.6. The Morgan fingerprint density at radius 1 is 1.36 bits per heavy atom. The van der Waals surface area contributed by atoms with Crippen molar-refractivity contribution in [1.82, 2.24) is 15.1 Å². The van der Waals surface area contributed by atoms with Crippen LogP contribution in [0.1, 0.15) is 29.3 Å². The summed E-state index contributed by atoms with van der Waals surface area (Å²) in [5.41, 5.74) is 2.89. The van der Waals surface area contributed by atoms with E-state index in [4.69, 9.17) is 4.74 Å². The summed E-state index contributed by atoms with van der Waals surface area (Å²) in [4.78, 5) is 0. The van der Waals surface area contributed by atoms with Crippen molar-refractivity contribution in [3.63, 3.8) is 0 Å². The van der Waals surface area contributed by atoms with Gasteiger partial charge < -0.3 is 10.1 Å². The lowest BCUT2D eigenvalue weighted by atomic mass is 10.0.